The molecule has 4 N–H and O–H groups in total. The molecule has 0 aliphatic carbocycles. The molecule has 2 aromatic rings. The van der Waals surface area contributed by atoms with Gasteiger partial charge in [-0.2, -0.15) is 10.4 Å². The van der Waals surface area contributed by atoms with Gasteiger partial charge in [0.15, 0.2) is 0 Å². The van der Waals surface area contributed by atoms with E-state index in [1.165, 1.54) is 6.20 Å². The number of hydrogen-bond donors (Lipinski definition) is 4. The van der Waals surface area contributed by atoms with Gasteiger partial charge in [0, 0.05) is 56.5 Å². The van der Waals surface area contributed by atoms with Crippen LogP contribution in [-0.2, 0) is 4.79 Å². The Labute approximate surface area is 145 Å². The maximum Gasteiger partial charge on any atom is 0.263 e. The largest absolute Gasteiger partial charge is 0.360 e. The summed E-state index contributed by atoms with van der Waals surface area (Å²) in [5.74, 6) is -0.368. The fraction of sp³-hybridized carbons (Fsp3) is 0.353. The Morgan fingerprint density at radius 2 is 2.24 bits per heavy atom. The van der Waals surface area contributed by atoms with E-state index >= 15 is 0 Å². The number of carbonyl (C=O) groups is 1. The van der Waals surface area contributed by atoms with Crippen molar-refractivity contribution in [2.45, 2.75) is 0 Å². The smallest absolute Gasteiger partial charge is 0.263 e. The number of rotatable bonds is 6. The van der Waals surface area contributed by atoms with E-state index in [2.05, 4.69) is 31.0 Å². The van der Waals surface area contributed by atoms with E-state index in [4.69, 9.17) is 0 Å². The van der Waals surface area contributed by atoms with E-state index in [9.17, 15) is 10.1 Å². The number of hydrogen-bond acceptors (Lipinski definition) is 6. The van der Waals surface area contributed by atoms with Gasteiger partial charge in [0.25, 0.3) is 5.91 Å². The molecule has 1 aromatic carbocycles. The van der Waals surface area contributed by atoms with E-state index in [0.717, 1.165) is 49.3 Å². The molecule has 0 bridgehead atoms. The SMILES string of the molecule is N#C/C(=C/Nc1ccc2cn[nH]c2c1)C(=O)NCCN1CCNCC1. The average Bonchev–Trinajstić information content (AvgIpc) is 3.11. The first kappa shape index (κ1) is 17.0. The Morgan fingerprint density at radius 1 is 1.40 bits per heavy atom. The summed E-state index contributed by atoms with van der Waals surface area (Å²) in [5.41, 5.74) is 1.71. The van der Waals surface area contributed by atoms with E-state index in [0.29, 0.717) is 6.54 Å². The Balaban J connectivity index is 1.52. The molecule has 1 aliphatic heterocycles. The zero-order valence-corrected chi connectivity index (χ0v) is 13.9. The van der Waals surface area contributed by atoms with Crippen LogP contribution in [-0.4, -0.2) is 60.3 Å². The van der Waals surface area contributed by atoms with E-state index in [-0.39, 0.29) is 11.5 Å². The van der Waals surface area contributed by atoms with Gasteiger partial charge in [0.05, 0.1) is 11.7 Å². The second kappa shape index (κ2) is 8.28. The van der Waals surface area contributed by atoms with Crippen LogP contribution in [0.1, 0.15) is 0 Å². The molecule has 8 nitrogen and oxygen atoms in total. The number of piperazine rings is 1. The van der Waals surface area contributed by atoms with E-state index < -0.39 is 0 Å². The summed E-state index contributed by atoms with van der Waals surface area (Å²) in [6.45, 7) is 5.22. The number of fused-ring (bicyclic) bond motifs is 1. The third-order valence-corrected chi connectivity index (χ3v) is 4.11. The maximum atomic E-state index is 12.1. The predicted octanol–water partition coefficient (Wildman–Crippen LogP) is 0.404. The van der Waals surface area contributed by atoms with Gasteiger partial charge in [-0.1, -0.05) is 0 Å². The van der Waals surface area contributed by atoms with Crippen molar-refractivity contribution in [3.8, 4) is 6.07 Å². The number of benzene rings is 1. The van der Waals surface area contributed by atoms with Gasteiger partial charge >= 0.3 is 0 Å². The summed E-state index contributed by atoms with van der Waals surface area (Å²) in [5, 5.41) is 26.1. The van der Waals surface area contributed by atoms with E-state index in [1.807, 2.05) is 24.3 Å². The lowest BCUT2D eigenvalue weighted by molar-refractivity contribution is -0.117. The fourth-order valence-corrected chi connectivity index (χ4v) is 2.69. The Morgan fingerprint density at radius 3 is 3.04 bits per heavy atom. The number of anilines is 1. The van der Waals surface area contributed by atoms with Crippen LogP contribution in [0, 0.1) is 11.3 Å². The van der Waals surface area contributed by atoms with Crippen LogP contribution in [0.4, 0.5) is 5.69 Å². The molecule has 0 atom stereocenters. The minimum atomic E-state index is -0.368. The van der Waals surface area contributed by atoms with Gasteiger partial charge in [-0.3, -0.25) is 14.8 Å². The molecule has 1 saturated heterocycles. The molecule has 1 fully saturated rings. The summed E-state index contributed by atoms with van der Waals surface area (Å²) < 4.78 is 0. The molecule has 2 heterocycles. The van der Waals surface area contributed by atoms with Crippen LogP contribution in [0.25, 0.3) is 10.9 Å². The molecule has 1 aromatic heterocycles. The highest BCUT2D eigenvalue weighted by Gasteiger charge is 2.11. The second-order valence-corrected chi connectivity index (χ2v) is 5.83. The topological polar surface area (TPSA) is 109 Å². The van der Waals surface area contributed by atoms with Crippen LogP contribution >= 0.6 is 0 Å². The van der Waals surface area contributed by atoms with Gasteiger partial charge in [-0.05, 0) is 18.2 Å². The van der Waals surface area contributed by atoms with Crippen LogP contribution < -0.4 is 16.0 Å². The number of nitrogens with one attached hydrogen (secondary N) is 4. The summed E-state index contributed by atoms with van der Waals surface area (Å²) in [6, 6.07) is 7.58. The molecule has 0 saturated carbocycles. The molecule has 130 valence electrons. The lowest BCUT2D eigenvalue weighted by Crippen LogP contribution is -2.46. The molecule has 0 radical (unpaired) electrons. The highest BCUT2D eigenvalue weighted by atomic mass is 16.1. The van der Waals surface area contributed by atoms with Gasteiger partial charge in [-0.25, -0.2) is 0 Å². The highest BCUT2D eigenvalue weighted by Crippen LogP contribution is 2.16. The summed E-state index contributed by atoms with van der Waals surface area (Å²) >= 11 is 0. The molecule has 1 amide bonds. The molecule has 0 unspecified atom stereocenters. The van der Waals surface area contributed by atoms with Crippen molar-refractivity contribution in [3.63, 3.8) is 0 Å². The van der Waals surface area contributed by atoms with Crippen molar-refractivity contribution in [2.75, 3.05) is 44.6 Å². The van der Waals surface area contributed by atoms with Gasteiger partial charge < -0.3 is 16.0 Å². The van der Waals surface area contributed by atoms with E-state index in [1.54, 1.807) is 6.20 Å². The maximum absolute atomic E-state index is 12.1. The van der Waals surface area contributed by atoms with Crippen LogP contribution in [0.15, 0.2) is 36.2 Å². The number of carbonyl (C=O) groups excluding carboxylic acids is 1. The van der Waals surface area contributed by atoms with Crippen molar-refractivity contribution in [3.05, 3.63) is 36.2 Å². The van der Waals surface area contributed by atoms with Crippen LogP contribution in [0.5, 0.6) is 0 Å². The van der Waals surface area contributed by atoms with Crippen molar-refractivity contribution in [2.24, 2.45) is 0 Å². The first-order valence-electron chi connectivity index (χ1n) is 8.27. The fourth-order valence-electron chi connectivity index (χ4n) is 2.69. The Kier molecular flexibility index (Phi) is 5.61. The Hall–Kier alpha value is -2.89. The third-order valence-electron chi connectivity index (χ3n) is 4.11. The monoisotopic (exact) mass is 339 g/mol. The quantitative estimate of drug-likeness (QED) is 0.448. The lowest BCUT2D eigenvalue weighted by atomic mass is 10.2. The van der Waals surface area contributed by atoms with Crippen LogP contribution in [0.3, 0.4) is 0 Å². The number of amides is 1. The average molecular weight is 339 g/mol. The lowest BCUT2D eigenvalue weighted by Gasteiger charge is -2.27. The zero-order valence-electron chi connectivity index (χ0n) is 13.9. The standard InChI is InChI=1S/C17H21N7O/c18-10-14(17(25)20-5-8-24-6-3-19-4-7-24)11-21-15-2-1-13-12-22-23-16(13)9-15/h1-2,9,11-12,19,21H,3-8H2,(H,20,25)(H,22,23)/b14-11-. The van der Waals surface area contributed by atoms with Crippen molar-refractivity contribution >= 4 is 22.5 Å². The number of H-pyrrole nitrogens is 1. The number of aromatic amines is 1. The van der Waals surface area contributed by atoms with Crippen LogP contribution in [0.2, 0.25) is 0 Å². The number of nitriles is 1. The molecule has 0 spiro atoms. The number of aromatic nitrogens is 2. The molecule has 8 heteroatoms. The van der Waals surface area contributed by atoms with Crippen molar-refractivity contribution in [1.29, 1.82) is 5.26 Å². The van der Waals surface area contributed by atoms with Gasteiger partial charge in [0.2, 0.25) is 0 Å². The molecule has 25 heavy (non-hydrogen) atoms. The summed E-state index contributed by atoms with van der Waals surface area (Å²) in [7, 11) is 0. The molecule has 3 rings (SSSR count). The van der Waals surface area contributed by atoms with Gasteiger partial charge in [0.1, 0.15) is 11.6 Å². The minimum absolute atomic E-state index is 0.0463. The molecular formula is C17H21N7O. The first-order chi connectivity index (χ1) is 12.3. The summed E-state index contributed by atoms with van der Waals surface area (Å²) in [6.07, 6.45) is 3.17. The zero-order chi connectivity index (χ0) is 17.5. The first-order valence-corrected chi connectivity index (χ1v) is 8.27. The molecular weight excluding hydrogens is 318 g/mol. The Bertz CT molecular complexity index is 799. The molecule has 1 aliphatic rings. The highest BCUT2D eigenvalue weighted by molar-refractivity contribution is 5.97. The van der Waals surface area contributed by atoms with Crippen molar-refractivity contribution in [1.82, 2.24) is 25.7 Å². The number of nitrogens with zero attached hydrogens (tertiary/aromatic N) is 3. The summed E-state index contributed by atoms with van der Waals surface area (Å²) in [4.78, 5) is 14.4. The predicted molar refractivity (Wildman–Crippen MR) is 95.7 cm³/mol. The normalized spacial score (nSPS) is 15.7. The minimum Gasteiger partial charge on any atom is -0.360 e. The third kappa shape index (κ3) is 4.56. The second-order valence-electron chi connectivity index (χ2n) is 5.83. The van der Waals surface area contributed by atoms with Crippen molar-refractivity contribution < 1.29 is 4.79 Å². The van der Waals surface area contributed by atoms with Gasteiger partial charge in [-0.15, -0.1) is 0 Å².